The summed E-state index contributed by atoms with van der Waals surface area (Å²) in [4.78, 5) is 0. The Balaban J connectivity index is 2.74. The summed E-state index contributed by atoms with van der Waals surface area (Å²) in [6.07, 6.45) is 0. The maximum Gasteiger partial charge on any atom is 0.130 e. The molecule has 4 heteroatoms. The summed E-state index contributed by atoms with van der Waals surface area (Å²) in [5.41, 5.74) is -0.878. The van der Waals surface area contributed by atoms with Crippen molar-refractivity contribution in [3.05, 3.63) is 34.1 Å². The second-order valence-electron chi connectivity index (χ2n) is 4.92. The van der Waals surface area contributed by atoms with Crippen molar-refractivity contribution in [3.63, 3.8) is 0 Å². The first-order chi connectivity index (χ1) is 7.83. The zero-order valence-electron chi connectivity index (χ0n) is 10.4. The van der Waals surface area contributed by atoms with Gasteiger partial charge in [-0.15, -0.1) is 0 Å². The Morgan fingerprint density at radius 1 is 1.47 bits per heavy atom. The Hall–Kier alpha value is -0.450. The fourth-order valence-electron chi connectivity index (χ4n) is 1.63. The molecule has 1 rings (SSSR count). The summed E-state index contributed by atoms with van der Waals surface area (Å²) in [5, 5.41) is 13.4. The number of halogens is 2. The highest BCUT2D eigenvalue weighted by Crippen LogP contribution is 2.25. The van der Waals surface area contributed by atoms with Gasteiger partial charge in [0.1, 0.15) is 11.4 Å². The van der Waals surface area contributed by atoms with Gasteiger partial charge in [-0.3, -0.25) is 0 Å². The predicted octanol–water partition coefficient (Wildman–Crippen LogP) is 3.04. The molecule has 1 aromatic carbocycles. The van der Waals surface area contributed by atoms with Crippen LogP contribution in [0.5, 0.6) is 0 Å². The molecule has 96 valence electrons. The van der Waals surface area contributed by atoms with Crippen LogP contribution in [0.25, 0.3) is 0 Å². The van der Waals surface area contributed by atoms with Crippen LogP contribution in [0.1, 0.15) is 26.3 Å². The molecular weight excluding hydrogens is 285 g/mol. The molecule has 0 saturated carbocycles. The van der Waals surface area contributed by atoms with Crippen LogP contribution in [-0.2, 0) is 5.60 Å². The van der Waals surface area contributed by atoms with Crippen LogP contribution in [-0.4, -0.2) is 18.2 Å². The zero-order valence-corrected chi connectivity index (χ0v) is 12.0. The molecule has 0 bridgehead atoms. The smallest absolute Gasteiger partial charge is 0.130 e. The number of benzene rings is 1. The van der Waals surface area contributed by atoms with Crippen LogP contribution in [0.2, 0.25) is 0 Å². The van der Waals surface area contributed by atoms with Crippen molar-refractivity contribution >= 4 is 15.9 Å². The molecule has 0 spiro atoms. The Bertz CT molecular complexity index is 380. The van der Waals surface area contributed by atoms with Crippen LogP contribution in [0.15, 0.2) is 22.7 Å². The Kier molecular flexibility index (Phi) is 5.10. The Morgan fingerprint density at radius 3 is 2.65 bits per heavy atom. The Labute approximate surface area is 110 Å². The monoisotopic (exact) mass is 303 g/mol. The van der Waals surface area contributed by atoms with Gasteiger partial charge in [0.2, 0.25) is 0 Å². The van der Waals surface area contributed by atoms with Gasteiger partial charge >= 0.3 is 0 Å². The number of nitrogens with one attached hydrogen (secondary N) is 1. The van der Waals surface area contributed by atoms with E-state index in [4.69, 9.17) is 0 Å². The quantitative estimate of drug-likeness (QED) is 0.876. The highest BCUT2D eigenvalue weighted by atomic mass is 79.9. The number of aliphatic hydroxyl groups is 1. The minimum absolute atomic E-state index is 0.317. The number of hydrogen-bond acceptors (Lipinski definition) is 2. The summed E-state index contributed by atoms with van der Waals surface area (Å²) < 4.78 is 14.4. The standard InChI is InChI=1S/C13H19BrFNO/c1-9(2)7-16-8-13(3,17)11-5-4-10(14)6-12(11)15/h4-6,9,16-17H,7-8H2,1-3H3. The molecule has 0 aliphatic carbocycles. The third-order valence-electron chi connectivity index (χ3n) is 2.53. The van der Waals surface area contributed by atoms with Crippen LogP contribution in [0, 0.1) is 11.7 Å². The largest absolute Gasteiger partial charge is 0.384 e. The van der Waals surface area contributed by atoms with E-state index in [9.17, 15) is 9.50 Å². The van der Waals surface area contributed by atoms with E-state index >= 15 is 0 Å². The summed E-state index contributed by atoms with van der Waals surface area (Å²) in [6, 6.07) is 4.71. The molecule has 0 aliphatic rings. The SMILES string of the molecule is CC(C)CNCC(C)(O)c1ccc(Br)cc1F. The van der Waals surface area contributed by atoms with E-state index in [1.165, 1.54) is 6.07 Å². The lowest BCUT2D eigenvalue weighted by molar-refractivity contribution is 0.0527. The van der Waals surface area contributed by atoms with Gasteiger partial charge in [-0.05, 0) is 31.5 Å². The zero-order chi connectivity index (χ0) is 13.1. The molecule has 17 heavy (non-hydrogen) atoms. The van der Waals surface area contributed by atoms with Gasteiger partial charge in [-0.1, -0.05) is 35.8 Å². The van der Waals surface area contributed by atoms with Crippen molar-refractivity contribution in [1.29, 1.82) is 0 Å². The number of hydrogen-bond donors (Lipinski definition) is 2. The van der Waals surface area contributed by atoms with E-state index in [1.807, 2.05) is 0 Å². The average Bonchev–Trinajstić information content (AvgIpc) is 2.15. The van der Waals surface area contributed by atoms with E-state index < -0.39 is 11.4 Å². The predicted molar refractivity (Wildman–Crippen MR) is 71.4 cm³/mol. The minimum atomic E-state index is -1.19. The molecule has 0 amide bonds. The molecule has 0 fully saturated rings. The maximum atomic E-state index is 13.7. The molecule has 1 atom stereocenters. The summed E-state index contributed by atoms with van der Waals surface area (Å²) in [5.74, 6) is 0.108. The highest BCUT2D eigenvalue weighted by Gasteiger charge is 2.26. The van der Waals surface area contributed by atoms with Crippen LogP contribution in [0.3, 0.4) is 0 Å². The third kappa shape index (κ3) is 4.37. The molecule has 0 heterocycles. The first kappa shape index (κ1) is 14.6. The van der Waals surface area contributed by atoms with Crippen molar-refractivity contribution in [2.45, 2.75) is 26.4 Å². The molecule has 0 aliphatic heterocycles. The van der Waals surface area contributed by atoms with Crippen LogP contribution >= 0.6 is 15.9 Å². The second-order valence-corrected chi connectivity index (χ2v) is 5.84. The first-order valence-electron chi connectivity index (χ1n) is 5.71. The highest BCUT2D eigenvalue weighted by molar-refractivity contribution is 9.10. The van der Waals surface area contributed by atoms with Crippen molar-refractivity contribution in [2.75, 3.05) is 13.1 Å². The van der Waals surface area contributed by atoms with E-state index in [-0.39, 0.29) is 0 Å². The maximum absolute atomic E-state index is 13.7. The van der Waals surface area contributed by atoms with Crippen LogP contribution < -0.4 is 5.32 Å². The van der Waals surface area contributed by atoms with E-state index in [0.717, 1.165) is 6.54 Å². The minimum Gasteiger partial charge on any atom is -0.384 e. The lowest BCUT2D eigenvalue weighted by Gasteiger charge is -2.25. The van der Waals surface area contributed by atoms with E-state index in [2.05, 4.69) is 35.1 Å². The average molecular weight is 304 g/mol. The fraction of sp³-hybridized carbons (Fsp3) is 0.538. The summed E-state index contributed by atoms with van der Waals surface area (Å²) >= 11 is 3.20. The normalized spacial score (nSPS) is 15.0. The Morgan fingerprint density at radius 2 is 2.12 bits per heavy atom. The fourth-order valence-corrected chi connectivity index (χ4v) is 1.96. The third-order valence-corrected chi connectivity index (χ3v) is 3.03. The van der Waals surface area contributed by atoms with E-state index in [1.54, 1.807) is 19.1 Å². The van der Waals surface area contributed by atoms with Crippen molar-refractivity contribution in [2.24, 2.45) is 5.92 Å². The first-order valence-corrected chi connectivity index (χ1v) is 6.51. The van der Waals surface area contributed by atoms with Crippen molar-refractivity contribution < 1.29 is 9.50 Å². The van der Waals surface area contributed by atoms with Crippen molar-refractivity contribution in [3.8, 4) is 0 Å². The topological polar surface area (TPSA) is 32.3 Å². The van der Waals surface area contributed by atoms with Crippen molar-refractivity contribution in [1.82, 2.24) is 5.32 Å². The molecule has 1 unspecified atom stereocenters. The van der Waals surface area contributed by atoms with Gasteiger partial charge in [-0.2, -0.15) is 0 Å². The van der Waals surface area contributed by atoms with Gasteiger partial charge in [0, 0.05) is 16.6 Å². The van der Waals surface area contributed by atoms with Gasteiger partial charge in [-0.25, -0.2) is 4.39 Å². The summed E-state index contributed by atoms with van der Waals surface area (Å²) in [7, 11) is 0. The molecule has 0 aromatic heterocycles. The van der Waals surface area contributed by atoms with Gasteiger partial charge in [0.05, 0.1) is 0 Å². The molecule has 2 N–H and O–H groups in total. The molecular formula is C13H19BrFNO. The molecule has 0 radical (unpaired) electrons. The molecule has 2 nitrogen and oxygen atoms in total. The molecule has 1 aromatic rings. The lowest BCUT2D eigenvalue weighted by atomic mass is 9.95. The van der Waals surface area contributed by atoms with Gasteiger partial charge in [0.15, 0.2) is 0 Å². The van der Waals surface area contributed by atoms with Gasteiger partial charge in [0.25, 0.3) is 0 Å². The molecule has 0 saturated heterocycles. The van der Waals surface area contributed by atoms with E-state index in [0.29, 0.717) is 22.5 Å². The number of rotatable bonds is 5. The lowest BCUT2D eigenvalue weighted by Crippen LogP contribution is -2.37. The van der Waals surface area contributed by atoms with Crippen LogP contribution in [0.4, 0.5) is 4.39 Å². The van der Waals surface area contributed by atoms with Gasteiger partial charge < -0.3 is 10.4 Å². The second kappa shape index (κ2) is 5.94. The summed E-state index contributed by atoms with van der Waals surface area (Å²) in [6.45, 7) is 6.93.